The molecule has 1 atom stereocenters. The molecule has 5 rings (SSSR count). The SMILES string of the molecule is Cc1ccc(Cl)c(-n2nc(CC(/C(N)=N/N)c3cccc(Cl)c3)cc2-c2ccc3c(c2)OCO3)c1. The van der Waals surface area contributed by atoms with Crippen molar-refractivity contribution in [3.05, 3.63) is 93.6 Å². The third-order valence-electron chi connectivity index (χ3n) is 5.93. The third kappa shape index (κ3) is 4.65. The Morgan fingerprint density at radius 1 is 1.06 bits per heavy atom. The number of fused-ring (bicyclic) bond motifs is 1. The molecule has 35 heavy (non-hydrogen) atoms. The van der Waals surface area contributed by atoms with Crippen LogP contribution in [0.15, 0.2) is 71.8 Å². The van der Waals surface area contributed by atoms with Crippen LogP contribution < -0.4 is 21.1 Å². The Morgan fingerprint density at radius 2 is 1.89 bits per heavy atom. The third-order valence-corrected chi connectivity index (χ3v) is 6.48. The predicted octanol–water partition coefficient (Wildman–Crippen LogP) is 5.44. The number of ether oxygens (including phenoxy) is 2. The Hall–Kier alpha value is -3.68. The van der Waals surface area contributed by atoms with Gasteiger partial charge in [-0.2, -0.15) is 10.2 Å². The van der Waals surface area contributed by atoms with Crippen LogP contribution >= 0.6 is 23.2 Å². The Labute approximate surface area is 212 Å². The quantitative estimate of drug-likeness (QED) is 0.156. The highest BCUT2D eigenvalue weighted by Crippen LogP contribution is 2.38. The minimum Gasteiger partial charge on any atom is -0.454 e. The summed E-state index contributed by atoms with van der Waals surface area (Å²) in [4.78, 5) is 0. The van der Waals surface area contributed by atoms with Crippen LogP contribution in [-0.4, -0.2) is 22.4 Å². The van der Waals surface area contributed by atoms with Crippen molar-refractivity contribution in [2.45, 2.75) is 19.3 Å². The second kappa shape index (κ2) is 9.52. The molecule has 2 heterocycles. The molecular formula is C26H23Cl2N5O2. The number of halogens is 2. The molecule has 0 fully saturated rings. The van der Waals surface area contributed by atoms with Crippen LogP contribution in [-0.2, 0) is 6.42 Å². The molecule has 1 aliphatic heterocycles. The van der Waals surface area contributed by atoms with E-state index in [1.165, 1.54) is 0 Å². The van der Waals surface area contributed by atoms with Gasteiger partial charge in [0.15, 0.2) is 11.5 Å². The summed E-state index contributed by atoms with van der Waals surface area (Å²) in [7, 11) is 0. The zero-order valence-electron chi connectivity index (χ0n) is 18.9. The molecule has 0 saturated carbocycles. The summed E-state index contributed by atoms with van der Waals surface area (Å²) in [6, 6.07) is 21.1. The van der Waals surface area contributed by atoms with Crippen molar-refractivity contribution in [3.8, 4) is 28.4 Å². The predicted molar refractivity (Wildman–Crippen MR) is 139 cm³/mol. The zero-order valence-corrected chi connectivity index (χ0v) is 20.4. The molecule has 4 aromatic rings. The van der Waals surface area contributed by atoms with Crippen LogP contribution in [0.5, 0.6) is 11.5 Å². The lowest BCUT2D eigenvalue weighted by atomic mass is 9.93. The minimum atomic E-state index is -0.306. The number of benzene rings is 3. The summed E-state index contributed by atoms with van der Waals surface area (Å²) in [5.41, 5.74) is 11.5. The zero-order chi connectivity index (χ0) is 24.5. The molecule has 9 heteroatoms. The molecule has 1 aliphatic rings. The minimum absolute atomic E-state index is 0.200. The summed E-state index contributed by atoms with van der Waals surface area (Å²) in [5, 5.41) is 9.89. The van der Waals surface area contributed by atoms with Gasteiger partial charge in [-0.15, -0.1) is 0 Å². The number of aryl methyl sites for hydroxylation is 1. The standard InChI is InChI=1S/C26H23Cl2N5O2/c1-15-5-7-21(28)23(9-15)33-22(17-6-8-24-25(11-17)35-14-34-24)13-19(32-33)12-20(26(29)31-30)16-3-2-4-18(27)10-16/h2-11,13,20H,12,14,30H2,1H3,(H2,29,31). The number of hydrazone groups is 1. The van der Waals surface area contributed by atoms with Crippen molar-refractivity contribution in [1.82, 2.24) is 9.78 Å². The maximum Gasteiger partial charge on any atom is 0.231 e. The maximum absolute atomic E-state index is 6.61. The van der Waals surface area contributed by atoms with E-state index >= 15 is 0 Å². The normalized spacial score (nSPS) is 13.7. The monoisotopic (exact) mass is 507 g/mol. The molecule has 178 valence electrons. The van der Waals surface area contributed by atoms with Crippen molar-refractivity contribution in [2.24, 2.45) is 16.7 Å². The number of hydrogen-bond donors (Lipinski definition) is 2. The van der Waals surface area contributed by atoms with Crippen molar-refractivity contribution in [2.75, 3.05) is 6.79 Å². The van der Waals surface area contributed by atoms with E-state index in [-0.39, 0.29) is 12.7 Å². The topological polar surface area (TPSA) is 101 Å². The number of hydrogen-bond acceptors (Lipinski definition) is 5. The van der Waals surface area contributed by atoms with Gasteiger partial charge < -0.3 is 21.1 Å². The first-order valence-corrected chi connectivity index (χ1v) is 11.7. The van der Waals surface area contributed by atoms with Gasteiger partial charge in [0.05, 0.1) is 22.1 Å². The van der Waals surface area contributed by atoms with E-state index in [0.717, 1.165) is 33.8 Å². The van der Waals surface area contributed by atoms with E-state index in [1.54, 1.807) is 0 Å². The number of amidine groups is 1. The average molecular weight is 508 g/mol. The van der Waals surface area contributed by atoms with Crippen molar-refractivity contribution in [1.29, 1.82) is 0 Å². The van der Waals surface area contributed by atoms with E-state index in [2.05, 4.69) is 5.10 Å². The van der Waals surface area contributed by atoms with Crippen LogP contribution in [0.4, 0.5) is 0 Å². The molecule has 0 spiro atoms. The smallest absolute Gasteiger partial charge is 0.231 e. The fourth-order valence-electron chi connectivity index (χ4n) is 4.18. The van der Waals surface area contributed by atoms with Gasteiger partial charge in [0, 0.05) is 22.9 Å². The Balaban J connectivity index is 1.63. The lowest BCUT2D eigenvalue weighted by molar-refractivity contribution is 0.174. The average Bonchev–Trinajstić information content (AvgIpc) is 3.50. The van der Waals surface area contributed by atoms with Gasteiger partial charge in [0.2, 0.25) is 6.79 Å². The Bertz CT molecular complexity index is 1430. The van der Waals surface area contributed by atoms with E-state index in [9.17, 15) is 0 Å². The molecular weight excluding hydrogens is 485 g/mol. The van der Waals surface area contributed by atoms with Gasteiger partial charge in [0.1, 0.15) is 5.84 Å². The fourth-order valence-corrected chi connectivity index (χ4v) is 4.57. The van der Waals surface area contributed by atoms with Crippen LogP contribution in [0, 0.1) is 6.92 Å². The van der Waals surface area contributed by atoms with Gasteiger partial charge in [-0.1, -0.05) is 41.4 Å². The summed E-state index contributed by atoms with van der Waals surface area (Å²) >= 11 is 12.8. The summed E-state index contributed by atoms with van der Waals surface area (Å²) in [6.07, 6.45) is 0.459. The molecule has 7 nitrogen and oxygen atoms in total. The first-order chi connectivity index (χ1) is 16.9. The second-order valence-corrected chi connectivity index (χ2v) is 9.16. The lowest BCUT2D eigenvalue weighted by Gasteiger charge is -2.15. The summed E-state index contributed by atoms with van der Waals surface area (Å²) in [6.45, 7) is 2.21. The lowest BCUT2D eigenvalue weighted by Crippen LogP contribution is -2.25. The molecule has 1 aromatic heterocycles. The highest BCUT2D eigenvalue weighted by molar-refractivity contribution is 6.32. The Kier molecular flexibility index (Phi) is 6.28. The molecule has 0 amide bonds. The highest BCUT2D eigenvalue weighted by Gasteiger charge is 2.23. The van der Waals surface area contributed by atoms with Gasteiger partial charge in [-0.25, -0.2) is 4.68 Å². The van der Waals surface area contributed by atoms with Crippen molar-refractivity contribution >= 4 is 29.0 Å². The van der Waals surface area contributed by atoms with Crippen LogP contribution in [0.1, 0.15) is 22.7 Å². The fraction of sp³-hybridized carbons (Fsp3) is 0.154. The van der Waals surface area contributed by atoms with E-state index in [0.29, 0.717) is 33.8 Å². The maximum atomic E-state index is 6.61. The molecule has 0 radical (unpaired) electrons. The van der Waals surface area contributed by atoms with Crippen LogP contribution in [0.25, 0.3) is 16.9 Å². The van der Waals surface area contributed by atoms with Crippen LogP contribution in [0.3, 0.4) is 0 Å². The molecule has 0 bridgehead atoms. The molecule has 1 unspecified atom stereocenters. The van der Waals surface area contributed by atoms with E-state index < -0.39 is 0 Å². The van der Waals surface area contributed by atoms with Crippen molar-refractivity contribution in [3.63, 3.8) is 0 Å². The van der Waals surface area contributed by atoms with E-state index in [4.69, 9.17) is 49.4 Å². The first kappa shape index (κ1) is 23.1. The first-order valence-electron chi connectivity index (χ1n) is 11.0. The molecule has 3 aromatic carbocycles. The van der Waals surface area contributed by atoms with E-state index in [1.807, 2.05) is 78.3 Å². The van der Waals surface area contributed by atoms with Gasteiger partial charge in [-0.05, 0) is 66.6 Å². The number of rotatable bonds is 6. The Morgan fingerprint density at radius 3 is 2.69 bits per heavy atom. The number of nitrogens with two attached hydrogens (primary N) is 2. The molecule has 0 aliphatic carbocycles. The number of aromatic nitrogens is 2. The summed E-state index contributed by atoms with van der Waals surface area (Å²) < 4.78 is 12.9. The summed E-state index contributed by atoms with van der Waals surface area (Å²) in [5.74, 6) is 6.95. The largest absolute Gasteiger partial charge is 0.454 e. The molecule has 0 saturated heterocycles. The highest BCUT2D eigenvalue weighted by atomic mass is 35.5. The van der Waals surface area contributed by atoms with Gasteiger partial charge in [-0.3, -0.25) is 0 Å². The van der Waals surface area contributed by atoms with Gasteiger partial charge in [0.25, 0.3) is 0 Å². The van der Waals surface area contributed by atoms with Crippen LogP contribution in [0.2, 0.25) is 10.0 Å². The van der Waals surface area contributed by atoms with Crippen molar-refractivity contribution < 1.29 is 9.47 Å². The van der Waals surface area contributed by atoms with Gasteiger partial charge >= 0.3 is 0 Å². The molecule has 4 N–H and O–H groups in total. The second-order valence-electron chi connectivity index (χ2n) is 8.32. The number of nitrogens with zero attached hydrogens (tertiary/aromatic N) is 3.